The lowest BCUT2D eigenvalue weighted by Crippen LogP contribution is -2.30. The molecule has 0 radical (unpaired) electrons. The summed E-state index contributed by atoms with van der Waals surface area (Å²) in [5.41, 5.74) is 8.08. The number of carbonyl (C=O) groups is 1. The molecule has 0 saturated heterocycles. The number of benzene rings is 2. The molecule has 2 rings (SSSR count). The Balaban J connectivity index is 1.96. The maximum Gasteiger partial charge on any atom is 0.265 e. The van der Waals surface area contributed by atoms with E-state index in [0.29, 0.717) is 17.1 Å². The van der Waals surface area contributed by atoms with Crippen LogP contribution < -0.4 is 15.8 Å². The first kappa shape index (κ1) is 13.9. The molecule has 0 unspecified atom stereocenters. The fourth-order valence-electron chi connectivity index (χ4n) is 1.73. The number of nitrogen functional groups attached to an aromatic ring is 1. The van der Waals surface area contributed by atoms with Gasteiger partial charge in [-0.1, -0.05) is 23.8 Å². The van der Waals surface area contributed by atoms with Gasteiger partial charge in [0.2, 0.25) is 0 Å². The van der Waals surface area contributed by atoms with E-state index in [1.54, 1.807) is 31.2 Å². The van der Waals surface area contributed by atoms with Crippen molar-refractivity contribution in [2.45, 2.75) is 20.0 Å². The quantitative estimate of drug-likeness (QED) is 0.839. The second-order valence-electron chi connectivity index (χ2n) is 4.69. The van der Waals surface area contributed by atoms with Gasteiger partial charge in [-0.15, -0.1) is 0 Å². The molecule has 0 fully saturated rings. The molecule has 20 heavy (non-hydrogen) atoms. The van der Waals surface area contributed by atoms with Crippen LogP contribution in [0.3, 0.4) is 0 Å². The first-order valence-electron chi connectivity index (χ1n) is 6.44. The van der Waals surface area contributed by atoms with Crippen LogP contribution in [0.15, 0.2) is 48.5 Å². The van der Waals surface area contributed by atoms with Crippen LogP contribution in [0.2, 0.25) is 0 Å². The van der Waals surface area contributed by atoms with Crippen molar-refractivity contribution in [3.05, 3.63) is 54.1 Å². The Morgan fingerprint density at radius 3 is 2.55 bits per heavy atom. The summed E-state index contributed by atoms with van der Waals surface area (Å²) in [5.74, 6) is 0.460. The van der Waals surface area contributed by atoms with Gasteiger partial charge in [0.05, 0.1) is 0 Å². The lowest BCUT2D eigenvalue weighted by Gasteiger charge is -2.15. The lowest BCUT2D eigenvalue weighted by atomic mass is 10.2. The summed E-state index contributed by atoms with van der Waals surface area (Å²) in [6, 6.07) is 14.6. The molecule has 0 aliphatic rings. The van der Waals surface area contributed by atoms with Crippen molar-refractivity contribution >= 4 is 17.3 Å². The average Bonchev–Trinajstić information content (AvgIpc) is 2.41. The predicted octanol–water partition coefficient (Wildman–Crippen LogP) is 2.98. The first-order chi connectivity index (χ1) is 9.54. The Morgan fingerprint density at radius 2 is 1.90 bits per heavy atom. The zero-order chi connectivity index (χ0) is 14.5. The van der Waals surface area contributed by atoms with Crippen molar-refractivity contribution in [2.24, 2.45) is 0 Å². The Bertz CT molecular complexity index is 594. The monoisotopic (exact) mass is 270 g/mol. The van der Waals surface area contributed by atoms with E-state index in [9.17, 15) is 4.79 Å². The summed E-state index contributed by atoms with van der Waals surface area (Å²) in [5, 5.41) is 2.77. The summed E-state index contributed by atoms with van der Waals surface area (Å²) < 4.78 is 5.59. The van der Waals surface area contributed by atoms with Crippen molar-refractivity contribution in [1.82, 2.24) is 0 Å². The van der Waals surface area contributed by atoms with Crippen LogP contribution in [0.5, 0.6) is 5.75 Å². The number of hydrogen-bond donors (Lipinski definition) is 2. The molecule has 1 amide bonds. The number of ether oxygens (including phenoxy) is 1. The molecule has 3 N–H and O–H groups in total. The van der Waals surface area contributed by atoms with E-state index in [0.717, 1.165) is 5.56 Å². The molecule has 0 aromatic heterocycles. The standard InChI is InChI=1S/C16H18N2O2/c1-11-6-8-15(9-7-11)20-12(2)16(19)18-14-5-3-4-13(17)10-14/h3-10,12H,17H2,1-2H3,(H,18,19)/t12-/m1/s1. The average molecular weight is 270 g/mol. The molecule has 0 bridgehead atoms. The van der Waals surface area contributed by atoms with Crippen LogP contribution in [-0.2, 0) is 4.79 Å². The van der Waals surface area contributed by atoms with Gasteiger partial charge < -0.3 is 15.8 Å². The van der Waals surface area contributed by atoms with E-state index in [2.05, 4.69) is 5.32 Å². The zero-order valence-electron chi connectivity index (χ0n) is 11.6. The molecule has 104 valence electrons. The van der Waals surface area contributed by atoms with Crippen molar-refractivity contribution in [3.8, 4) is 5.75 Å². The van der Waals surface area contributed by atoms with Crippen LogP contribution in [0.1, 0.15) is 12.5 Å². The number of nitrogens with one attached hydrogen (secondary N) is 1. The van der Waals surface area contributed by atoms with Gasteiger partial charge >= 0.3 is 0 Å². The largest absolute Gasteiger partial charge is 0.481 e. The molecule has 4 heteroatoms. The topological polar surface area (TPSA) is 64.3 Å². The molecule has 0 spiro atoms. The first-order valence-corrected chi connectivity index (χ1v) is 6.44. The highest BCUT2D eigenvalue weighted by Crippen LogP contribution is 2.15. The third-order valence-electron chi connectivity index (χ3n) is 2.86. The maximum atomic E-state index is 12.0. The number of nitrogens with two attached hydrogens (primary N) is 1. The fraction of sp³-hybridized carbons (Fsp3) is 0.188. The van der Waals surface area contributed by atoms with Gasteiger partial charge in [-0.05, 0) is 44.2 Å². The van der Waals surface area contributed by atoms with Gasteiger partial charge in [0.15, 0.2) is 6.10 Å². The number of anilines is 2. The van der Waals surface area contributed by atoms with E-state index < -0.39 is 6.10 Å². The maximum absolute atomic E-state index is 12.0. The highest BCUT2D eigenvalue weighted by Gasteiger charge is 2.14. The van der Waals surface area contributed by atoms with Gasteiger partial charge in [-0.2, -0.15) is 0 Å². The van der Waals surface area contributed by atoms with Crippen molar-refractivity contribution in [2.75, 3.05) is 11.1 Å². The van der Waals surface area contributed by atoms with E-state index in [-0.39, 0.29) is 5.91 Å². The number of rotatable bonds is 4. The molecule has 0 saturated carbocycles. The molecule has 0 aliphatic heterocycles. The van der Waals surface area contributed by atoms with Gasteiger partial charge in [0.1, 0.15) is 5.75 Å². The van der Waals surface area contributed by atoms with Gasteiger partial charge in [-0.3, -0.25) is 4.79 Å². The normalized spacial score (nSPS) is 11.7. The highest BCUT2D eigenvalue weighted by molar-refractivity contribution is 5.94. The summed E-state index contributed by atoms with van der Waals surface area (Å²) in [6.07, 6.45) is -0.584. The lowest BCUT2D eigenvalue weighted by molar-refractivity contribution is -0.122. The Morgan fingerprint density at radius 1 is 1.20 bits per heavy atom. The van der Waals surface area contributed by atoms with Crippen LogP contribution >= 0.6 is 0 Å². The van der Waals surface area contributed by atoms with E-state index >= 15 is 0 Å². The third-order valence-corrected chi connectivity index (χ3v) is 2.86. The Kier molecular flexibility index (Phi) is 4.25. The summed E-state index contributed by atoms with van der Waals surface area (Å²) >= 11 is 0. The number of carbonyl (C=O) groups excluding carboxylic acids is 1. The Hall–Kier alpha value is -2.49. The minimum absolute atomic E-state index is 0.212. The van der Waals surface area contributed by atoms with Crippen LogP contribution in [0.4, 0.5) is 11.4 Å². The number of aryl methyl sites for hydroxylation is 1. The zero-order valence-corrected chi connectivity index (χ0v) is 11.6. The molecular weight excluding hydrogens is 252 g/mol. The third kappa shape index (κ3) is 3.75. The second-order valence-corrected chi connectivity index (χ2v) is 4.69. The summed E-state index contributed by atoms with van der Waals surface area (Å²) in [7, 11) is 0. The second kappa shape index (κ2) is 6.10. The SMILES string of the molecule is Cc1ccc(O[C@H](C)C(=O)Nc2cccc(N)c2)cc1. The number of hydrogen-bond acceptors (Lipinski definition) is 3. The molecule has 1 atom stereocenters. The molecule has 2 aromatic carbocycles. The molecule has 2 aromatic rings. The van der Waals surface area contributed by atoms with Gasteiger partial charge in [0, 0.05) is 11.4 Å². The predicted molar refractivity (Wildman–Crippen MR) is 80.8 cm³/mol. The molecule has 0 aliphatic carbocycles. The van der Waals surface area contributed by atoms with Crippen LogP contribution in [0.25, 0.3) is 0 Å². The summed E-state index contributed by atoms with van der Waals surface area (Å²) in [4.78, 5) is 12.0. The van der Waals surface area contributed by atoms with Crippen molar-refractivity contribution in [1.29, 1.82) is 0 Å². The molecular formula is C16H18N2O2. The van der Waals surface area contributed by atoms with Crippen molar-refractivity contribution in [3.63, 3.8) is 0 Å². The molecule has 4 nitrogen and oxygen atoms in total. The minimum Gasteiger partial charge on any atom is -0.481 e. The number of amides is 1. The van der Waals surface area contributed by atoms with Crippen LogP contribution in [0, 0.1) is 6.92 Å². The summed E-state index contributed by atoms with van der Waals surface area (Å²) in [6.45, 7) is 3.71. The van der Waals surface area contributed by atoms with Gasteiger partial charge in [-0.25, -0.2) is 0 Å². The van der Waals surface area contributed by atoms with E-state index in [1.165, 1.54) is 0 Å². The van der Waals surface area contributed by atoms with Gasteiger partial charge in [0.25, 0.3) is 5.91 Å². The van der Waals surface area contributed by atoms with E-state index in [4.69, 9.17) is 10.5 Å². The fourth-order valence-corrected chi connectivity index (χ4v) is 1.73. The van der Waals surface area contributed by atoms with E-state index in [1.807, 2.05) is 31.2 Å². The minimum atomic E-state index is -0.584. The van der Waals surface area contributed by atoms with Crippen molar-refractivity contribution < 1.29 is 9.53 Å². The smallest absolute Gasteiger partial charge is 0.265 e. The van der Waals surface area contributed by atoms with Crippen LogP contribution in [-0.4, -0.2) is 12.0 Å². The Labute approximate surface area is 118 Å². The molecule has 0 heterocycles. The highest BCUT2D eigenvalue weighted by atomic mass is 16.5.